The predicted octanol–water partition coefficient (Wildman–Crippen LogP) is 2.84. The summed E-state index contributed by atoms with van der Waals surface area (Å²) in [6, 6.07) is 8.77. The molecule has 0 bridgehead atoms. The molecule has 0 aliphatic carbocycles. The summed E-state index contributed by atoms with van der Waals surface area (Å²) >= 11 is 7.44. The van der Waals surface area contributed by atoms with Gasteiger partial charge in [0, 0.05) is 11.6 Å². The summed E-state index contributed by atoms with van der Waals surface area (Å²) < 4.78 is 2.94. The highest BCUT2D eigenvalue weighted by Gasteiger charge is 2.17. The number of unbranched alkanes of at least 4 members (excludes halogenated alkanes) is 1. The molecular formula is C19H20ClN3O3S. The molecule has 0 radical (unpaired) electrons. The van der Waals surface area contributed by atoms with Gasteiger partial charge in [0.1, 0.15) is 11.2 Å². The molecule has 6 nitrogen and oxygen atoms in total. The van der Waals surface area contributed by atoms with Crippen LogP contribution >= 0.6 is 22.9 Å². The SMILES string of the molecule is CCCCNC(=O)Cn1c(=O)n(Cc2ccccc2Cl)c(=O)c2sccc21. The molecule has 1 amide bonds. The maximum Gasteiger partial charge on any atom is 0.332 e. The largest absolute Gasteiger partial charge is 0.355 e. The number of amides is 1. The number of hydrogen-bond acceptors (Lipinski definition) is 4. The van der Waals surface area contributed by atoms with Crippen molar-refractivity contribution in [2.75, 3.05) is 6.54 Å². The van der Waals surface area contributed by atoms with E-state index in [1.165, 1.54) is 15.9 Å². The Labute approximate surface area is 165 Å². The van der Waals surface area contributed by atoms with Crippen LogP contribution in [0.15, 0.2) is 45.3 Å². The normalized spacial score (nSPS) is 11.0. The van der Waals surface area contributed by atoms with Crippen molar-refractivity contribution >= 4 is 39.1 Å². The van der Waals surface area contributed by atoms with Gasteiger partial charge in [-0.05, 0) is 29.5 Å². The van der Waals surface area contributed by atoms with Gasteiger partial charge in [0.15, 0.2) is 0 Å². The van der Waals surface area contributed by atoms with E-state index >= 15 is 0 Å². The standard InChI is InChI=1S/C19H20ClN3O3S/c1-2-3-9-21-16(24)12-22-15-8-10-27-17(15)18(25)23(19(22)26)11-13-6-4-5-7-14(13)20/h4-8,10H,2-3,9,11-12H2,1H3,(H,21,24). The molecule has 8 heteroatoms. The Morgan fingerprint density at radius 3 is 2.70 bits per heavy atom. The molecule has 0 aliphatic heterocycles. The van der Waals surface area contributed by atoms with E-state index in [1.807, 2.05) is 6.92 Å². The minimum atomic E-state index is -0.517. The summed E-state index contributed by atoms with van der Waals surface area (Å²) in [5, 5.41) is 5.04. The van der Waals surface area contributed by atoms with E-state index in [1.54, 1.807) is 35.7 Å². The molecule has 27 heavy (non-hydrogen) atoms. The molecule has 1 aromatic carbocycles. The first-order valence-electron chi connectivity index (χ1n) is 8.74. The van der Waals surface area contributed by atoms with Crippen molar-refractivity contribution in [1.82, 2.24) is 14.5 Å². The van der Waals surface area contributed by atoms with Crippen molar-refractivity contribution in [2.45, 2.75) is 32.9 Å². The van der Waals surface area contributed by atoms with E-state index in [-0.39, 0.29) is 24.6 Å². The van der Waals surface area contributed by atoms with Crippen molar-refractivity contribution in [3.8, 4) is 0 Å². The van der Waals surface area contributed by atoms with E-state index in [0.717, 1.165) is 17.4 Å². The average molecular weight is 406 g/mol. The Kier molecular flexibility index (Phi) is 6.13. The van der Waals surface area contributed by atoms with Crippen LogP contribution in [0.2, 0.25) is 5.02 Å². The van der Waals surface area contributed by atoms with E-state index in [4.69, 9.17) is 11.6 Å². The van der Waals surface area contributed by atoms with Crippen molar-refractivity contribution in [3.05, 3.63) is 67.1 Å². The second-order valence-corrected chi connectivity index (χ2v) is 7.51. The predicted molar refractivity (Wildman–Crippen MR) is 109 cm³/mol. The van der Waals surface area contributed by atoms with Crippen LogP contribution in [0, 0.1) is 0 Å². The number of thiophene rings is 1. The minimum absolute atomic E-state index is 0.0582. The number of aromatic nitrogens is 2. The molecule has 0 saturated heterocycles. The average Bonchev–Trinajstić information content (AvgIpc) is 3.14. The number of fused-ring (bicyclic) bond motifs is 1. The van der Waals surface area contributed by atoms with Crippen molar-refractivity contribution in [3.63, 3.8) is 0 Å². The number of halogens is 1. The van der Waals surface area contributed by atoms with Crippen LogP contribution in [0.3, 0.4) is 0 Å². The topological polar surface area (TPSA) is 73.1 Å². The molecular weight excluding hydrogens is 386 g/mol. The molecule has 0 fully saturated rings. The van der Waals surface area contributed by atoms with Crippen LogP contribution < -0.4 is 16.6 Å². The fraction of sp³-hybridized carbons (Fsp3) is 0.316. The maximum absolute atomic E-state index is 13.0. The third-order valence-corrected chi connectivity index (χ3v) is 5.54. The third kappa shape index (κ3) is 4.14. The summed E-state index contributed by atoms with van der Waals surface area (Å²) in [6.07, 6.45) is 1.85. The summed E-state index contributed by atoms with van der Waals surface area (Å²) in [5.41, 5.74) is 0.272. The van der Waals surface area contributed by atoms with Gasteiger partial charge in [-0.2, -0.15) is 0 Å². The quantitative estimate of drug-likeness (QED) is 0.614. The lowest BCUT2D eigenvalue weighted by molar-refractivity contribution is -0.121. The van der Waals surface area contributed by atoms with E-state index in [0.29, 0.717) is 27.3 Å². The zero-order chi connectivity index (χ0) is 19.4. The van der Waals surface area contributed by atoms with Crippen LogP contribution in [0.25, 0.3) is 10.2 Å². The highest BCUT2D eigenvalue weighted by Crippen LogP contribution is 2.18. The number of rotatable bonds is 7. The zero-order valence-electron chi connectivity index (χ0n) is 14.9. The second-order valence-electron chi connectivity index (χ2n) is 6.19. The zero-order valence-corrected chi connectivity index (χ0v) is 16.5. The highest BCUT2D eigenvalue weighted by molar-refractivity contribution is 7.17. The van der Waals surface area contributed by atoms with Gasteiger partial charge in [0.25, 0.3) is 5.56 Å². The molecule has 0 saturated carbocycles. The van der Waals surface area contributed by atoms with Gasteiger partial charge in [0.05, 0.1) is 12.1 Å². The van der Waals surface area contributed by atoms with Gasteiger partial charge < -0.3 is 5.32 Å². The summed E-state index contributed by atoms with van der Waals surface area (Å²) in [7, 11) is 0. The van der Waals surface area contributed by atoms with E-state index < -0.39 is 5.69 Å². The van der Waals surface area contributed by atoms with Gasteiger partial charge in [-0.25, -0.2) is 4.79 Å². The van der Waals surface area contributed by atoms with E-state index in [2.05, 4.69) is 5.32 Å². The molecule has 0 atom stereocenters. The number of carbonyl (C=O) groups is 1. The number of hydrogen-bond donors (Lipinski definition) is 1. The Bertz CT molecular complexity index is 1080. The number of benzene rings is 1. The summed E-state index contributed by atoms with van der Waals surface area (Å²) in [5.74, 6) is -0.249. The number of nitrogens with zero attached hydrogens (tertiary/aromatic N) is 2. The van der Waals surface area contributed by atoms with Gasteiger partial charge in [-0.3, -0.25) is 18.7 Å². The highest BCUT2D eigenvalue weighted by atomic mass is 35.5. The first kappa shape index (κ1) is 19.4. The Hall–Kier alpha value is -2.38. The molecule has 0 aliphatic rings. The number of carbonyl (C=O) groups excluding carboxylic acids is 1. The molecule has 3 rings (SSSR count). The number of nitrogens with one attached hydrogen (secondary N) is 1. The molecule has 3 aromatic rings. The fourth-order valence-electron chi connectivity index (χ4n) is 2.83. The van der Waals surface area contributed by atoms with Gasteiger partial charge >= 0.3 is 5.69 Å². The Morgan fingerprint density at radius 2 is 1.96 bits per heavy atom. The molecule has 2 aromatic heterocycles. The lowest BCUT2D eigenvalue weighted by Gasteiger charge is -2.13. The van der Waals surface area contributed by atoms with Crippen LogP contribution in [0.1, 0.15) is 25.3 Å². The maximum atomic E-state index is 13.0. The lowest BCUT2D eigenvalue weighted by Crippen LogP contribution is -2.42. The molecule has 1 N–H and O–H groups in total. The minimum Gasteiger partial charge on any atom is -0.355 e. The van der Waals surface area contributed by atoms with E-state index in [9.17, 15) is 14.4 Å². The van der Waals surface area contributed by atoms with Gasteiger partial charge in [-0.1, -0.05) is 43.1 Å². The molecule has 142 valence electrons. The lowest BCUT2D eigenvalue weighted by atomic mass is 10.2. The second kappa shape index (κ2) is 8.54. The van der Waals surface area contributed by atoms with Gasteiger partial charge in [-0.15, -0.1) is 11.3 Å². The Balaban J connectivity index is 2.02. The van der Waals surface area contributed by atoms with Crippen molar-refractivity contribution in [2.24, 2.45) is 0 Å². The summed E-state index contributed by atoms with van der Waals surface area (Å²) in [6.45, 7) is 2.54. The fourth-order valence-corrected chi connectivity index (χ4v) is 3.87. The van der Waals surface area contributed by atoms with Crippen molar-refractivity contribution in [1.29, 1.82) is 0 Å². The first-order valence-corrected chi connectivity index (χ1v) is 9.99. The monoisotopic (exact) mass is 405 g/mol. The Morgan fingerprint density at radius 1 is 1.19 bits per heavy atom. The smallest absolute Gasteiger partial charge is 0.332 e. The van der Waals surface area contributed by atoms with Crippen LogP contribution in [0.4, 0.5) is 0 Å². The van der Waals surface area contributed by atoms with Crippen LogP contribution in [-0.4, -0.2) is 21.6 Å². The molecule has 0 spiro atoms. The van der Waals surface area contributed by atoms with Crippen LogP contribution in [-0.2, 0) is 17.9 Å². The van der Waals surface area contributed by atoms with Gasteiger partial charge in [0.2, 0.25) is 5.91 Å². The molecule has 2 heterocycles. The molecule has 0 unspecified atom stereocenters. The summed E-state index contributed by atoms with van der Waals surface area (Å²) in [4.78, 5) is 38.0. The van der Waals surface area contributed by atoms with Crippen LogP contribution in [0.5, 0.6) is 0 Å². The first-order chi connectivity index (χ1) is 13.0. The third-order valence-electron chi connectivity index (χ3n) is 4.28. The van der Waals surface area contributed by atoms with Crippen molar-refractivity contribution < 1.29 is 4.79 Å².